The first-order valence-corrected chi connectivity index (χ1v) is 4.73. The molecule has 4 nitrogen and oxygen atoms in total. The second-order valence-electron chi connectivity index (χ2n) is 4.16. The van der Waals surface area contributed by atoms with Crippen LogP contribution in [0.1, 0.15) is 33.6 Å². The lowest BCUT2D eigenvalue weighted by Crippen LogP contribution is -2.33. The van der Waals surface area contributed by atoms with Gasteiger partial charge in [0.25, 0.3) is 0 Å². The molecule has 0 saturated carbocycles. The van der Waals surface area contributed by atoms with Gasteiger partial charge in [-0.1, -0.05) is 0 Å². The third-order valence-corrected chi connectivity index (χ3v) is 1.82. The van der Waals surface area contributed by atoms with Crippen LogP contribution in [0, 0.1) is 16.7 Å². The Morgan fingerprint density at radius 3 is 2.64 bits per heavy atom. The summed E-state index contributed by atoms with van der Waals surface area (Å²) in [7, 11) is 0. The van der Waals surface area contributed by atoms with Crippen molar-refractivity contribution in [2.75, 3.05) is 6.54 Å². The summed E-state index contributed by atoms with van der Waals surface area (Å²) >= 11 is 0. The topological polar surface area (TPSA) is 73.1 Å². The van der Waals surface area contributed by atoms with E-state index in [2.05, 4.69) is 11.4 Å². The maximum atomic E-state index is 11.2. The smallest absolute Gasteiger partial charge is 0.220 e. The van der Waals surface area contributed by atoms with Crippen molar-refractivity contribution in [2.45, 2.75) is 39.7 Å². The normalized spacial score (nSPS) is 13.1. The van der Waals surface area contributed by atoms with Gasteiger partial charge in [0.15, 0.2) is 0 Å². The van der Waals surface area contributed by atoms with Crippen LogP contribution in [0.5, 0.6) is 0 Å². The summed E-state index contributed by atoms with van der Waals surface area (Å²) < 4.78 is 0. The number of nitrogens with one attached hydrogen (secondary N) is 1. The maximum Gasteiger partial charge on any atom is 0.220 e. The molecule has 0 rings (SSSR count). The van der Waals surface area contributed by atoms with Crippen molar-refractivity contribution in [1.82, 2.24) is 5.32 Å². The third-order valence-electron chi connectivity index (χ3n) is 1.82. The zero-order valence-electron chi connectivity index (χ0n) is 9.00. The lowest BCUT2D eigenvalue weighted by molar-refractivity contribution is -0.121. The van der Waals surface area contributed by atoms with E-state index in [1.54, 1.807) is 20.8 Å². The molecule has 0 spiro atoms. The zero-order chi connectivity index (χ0) is 11.2. The number of nitriles is 1. The Bertz CT molecular complexity index is 229. The van der Waals surface area contributed by atoms with Crippen molar-refractivity contribution in [3.05, 3.63) is 0 Å². The van der Waals surface area contributed by atoms with E-state index >= 15 is 0 Å². The van der Waals surface area contributed by atoms with E-state index < -0.39 is 11.5 Å². The molecule has 0 radical (unpaired) electrons. The lowest BCUT2D eigenvalue weighted by Gasteiger charge is -2.15. The average Bonchev–Trinajstić information content (AvgIpc) is 2.11. The van der Waals surface area contributed by atoms with E-state index in [-0.39, 0.29) is 5.91 Å². The molecule has 14 heavy (non-hydrogen) atoms. The molecular weight excluding hydrogens is 180 g/mol. The molecule has 80 valence electrons. The van der Waals surface area contributed by atoms with E-state index in [9.17, 15) is 4.79 Å². The number of nitrogens with zero attached hydrogens (tertiary/aromatic N) is 1. The van der Waals surface area contributed by atoms with Gasteiger partial charge in [-0.25, -0.2) is 0 Å². The SMILES string of the molecule is CC(O)CCC(=O)NCC(C)(C)C#N. The lowest BCUT2D eigenvalue weighted by atomic mass is 9.96. The number of carbonyl (C=O) groups excluding carboxylic acids is 1. The molecule has 4 heteroatoms. The predicted octanol–water partition coefficient (Wildman–Crippen LogP) is 0.813. The monoisotopic (exact) mass is 198 g/mol. The van der Waals surface area contributed by atoms with Crippen LogP contribution in [-0.4, -0.2) is 23.7 Å². The summed E-state index contributed by atoms with van der Waals surface area (Å²) in [6.45, 7) is 5.53. The molecule has 0 aliphatic carbocycles. The highest BCUT2D eigenvalue weighted by Gasteiger charge is 2.17. The molecule has 0 saturated heterocycles. The number of amides is 1. The van der Waals surface area contributed by atoms with Crippen LogP contribution in [0.4, 0.5) is 0 Å². The molecule has 0 heterocycles. The van der Waals surface area contributed by atoms with Gasteiger partial charge in [-0.15, -0.1) is 0 Å². The highest BCUT2D eigenvalue weighted by atomic mass is 16.3. The zero-order valence-corrected chi connectivity index (χ0v) is 9.00. The first kappa shape index (κ1) is 12.9. The second-order valence-corrected chi connectivity index (χ2v) is 4.16. The van der Waals surface area contributed by atoms with Crippen molar-refractivity contribution in [3.8, 4) is 6.07 Å². The van der Waals surface area contributed by atoms with Gasteiger partial charge < -0.3 is 10.4 Å². The Morgan fingerprint density at radius 1 is 1.64 bits per heavy atom. The Hall–Kier alpha value is -1.08. The molecule has 0 fully saturated rings. The van der Waals surface area contributed by atoms with Gasteiger partial charge in [0, 0.05) is 13.0 Å². The third kappa shape index (κ3) is 6.44. The van der Waals surface area contributed by atoms with Crippen LogP contribution in [0.15, 0.2) is 0 Å². The van der Waals surface area contributed by atoms with Crippen LogP contribution < -0.4 is 5.32 Å². The van der Waals surface area contributed by atoms with Crippen molar-refractivity contribution >= 4 is 5.91 Å². The Morgan fingerprint density at radius 2 is 2.21 bits per heavy atom. The van der Waals surface area contributed by atoms with Crippen LogP contribution >= 0.6 is 0 Å². The summed E-state index contributed by atoms with van der Waals surface area (Å²) in [5, 5.41) is 20.3. The van der Waals surface area contributed by atoms with Crippen LogP contribution in [-0.2, 0) is 4.79 Å². The summed E-state index contributed by atoms with van der Waals surface area (Å²) in [4.78, 5) is 11.2. The van der Waals surface area contributed by atoms with Gasteiger partial charge in [-0.3, -0.25) is 4.79 Å². The number of carbonyl (C=O) groups is 1. The number of aliphatic hydroxyl groups excluding tert-OH is 1. The first-order chi connectivity index (χ1) is 6.37. The van der Waals surface area contributed by atoms with Crippen molar-refractivity contribution in [3.63, 3.8) is 0 Å². The van der Waals surface area contributed by atoms with Gasteiger partial charge in [0.2, 0.25) is 5.91 Å². The number of rotatable bonds is 5. The fourth-order valence-electron chi connectivity index (χ4n) is 0.787. The number of aliphatic hydroxyl groups is 1. The summed E-state index contributed by atoms with van der Waals surface area (Å²) in [5.41, 5.74) is -0.527. The van der Waals surface area contributed by atoms with Gasteiger partial charge in [0.05, 0.1) is 17.6 Å². The molecule has 1 unspecified atom stereocenters. The minimum Gasteiger partial charge on any atom is -0.393 e. The van der Waals surface area contributed by atoms with Crippen molar-refractivity contribution in [2.24, 2.45) is 5.41 Å². The van der Waals surface area contributed by atoms with Crippen LogP contribution in [0.25, 0.3) is 0 Å². The molecule has 0 bridgehead atoms. The fourth-order valence-corrected chi connectivity index (χ4v) is 0.787. The van der Waals surface area contributed by atoms with Gasteiger partial charge >= 0.3 is 0 Å². The maximum absolute atomic E-state index is 11.2. The Labute approximate surface area is 84.9 Å². The van der Waals surface area contributed by atoms with Crippen LogP contribution in [0.3, 0.4) is 0 Å². The van der Waals surface area contributed by atoms with Gasteiger partial charge in [0.1, 0.15) is 0 Å². The average molecular weight is 198 g/mol. The molecule has 1 amide bonds. The fraction of sp³-hybridized carbons (Fsp3) is 0.800. The van der Waals surface area contributed by atoms with E-state index in [1.807, 2.05) is 0 Å². The van der Waals surface area contributed by atoms with E-state index in [4.69, 9.17) is 10.4 Å². The standard InChI is InChI=1S/C10H18N2O2/c1-8(13)4-5-9(14)12-7-10(2,3)6-11/h8,13H,4-5,7H2,1-3H3,(H,12,14). The molecule has 0 aromatic heterocycles. The Kier molecular flexibility index (Phi) is 5.18. The molecule has 0 aliphatic heterocycles. The van der Waals surface area contributed by atoms with Crippen LogP contribution in [0.2, 0.25) is 0 Å². The number of hydrogen-bond acceptors (Lipinski definition) is 3. The quantitative estimate of drug-likeness (QED) is 0.686. The van der Waals surface area contributed by atoms with Gasteiger partial charge in [-0.2, -0.15) is 5.26 Å². The van der Waals surface area contributed by atoms with Gasteiger partial charge in [-0.05, 0) is 27.2 Å². The minimum absolute atomic E-state index is 0.116. The molecule has 0 aromatic carbocycles. The highest BCUT2D eigenvalue weighted by Crippen LogP contribution is 2.10. The minimum atomic E-state index is -0.527. The van der Waals surface area contributed by atoms with Crippen molar-refractivity contribution in [1.29, 1.82) is 5.26 Å². The first-order valence-electron chi connectivity index (χ1n) is 4.73. The van der Waals surface area contributed by atoms with Crippen molar-refractivity contribution < 1.29 is 9.90 Å². The molecule has 1 atom stereocenters. The Balaban J connectivity index is 3.71. The molecule has 0 aromatic rings. The molecule has 2 N–H and O–H groups in total. The molecular formula is C10H18N2O2. The summed E-state index contributed by atoms with van der Waals surface area (Å²) in [5.74, 6) is -0.116. The summed E-state index contributed by atoms with van der Waals surface area (Å²) in [6.07, 6.45) is 0.308. The van der Waals surface area contributed by atoms with E-state index in [0.717, 1.165) is 0 Å². The largest absolute Gasteiger partial charge is 0.393 e. The second kappa shape index (κ2) is 5.61. The summed E-state index contributed by atoms with van der Waals surface area (Å²) in [6, 6.07) is 2.10. The molecule has 0 aliphatic rings. The van der Waals surface area contributed by atoms with E-state index in [0.29, 0.717) is 19.4 Å². The van der Waals surface area contributed by atoms with E-state index in [1.165, 1.54) is 0 Å². The number of hydrogen-bond donors (Lipinski definition) is 2. The predicted molar refractivity (Wildman–Crippen MR) is 53.3 cm³/mol. The highest BCUT2D eigenvalue weighted by molar-refractivity contribution is 5.75.